The highest BCUT2D eigenvalue weighted by Gasteiger charge is 2.10. The number of rotatable bonds is 1. The molecule has 3 nitrogen and oxygen atoms in total. The average Bonchev–Trinajstić information content (AvgIpc) is 2.08. The van der Waals surface area contributed by atoms with E-state index in [0.717, 1.165) is 0 Å². The summed E-state index contributed by atoms with van der Waals surface area (Å²) in [6, 6.07) is 3.09. The number of hydrogen-bond donors (Lipinski definition) is 0. The molecule has 0 spiro atoms. The summed E-state index contributed by atoms with van der Waals surface area (Å²) >= 11 is 11.3. The van der Waals surface area contributed by atoms with Gasteiger partial charge in [-0.25, -0.2) is 4.98 Å². The van der Waals surface area contributed by atoms with Crippen molar-refractivity contribution in [3.63, 3.8) is 0 Å². The summed E-state index contributed by atoms with van der Waals surface area (Å²) in [5, 5.41) is 0.492. The van der Waals surface area contributed by atoms with Crippen LogP contribution in [0.4, 0.5) is 0 Å². The normalized spacial score (nSPS) is 9.85. The van der Waals surface area contributed by atoms with Crippen LogP contribution in [-0.2, 0) is 0 Å². The second kappa shape index (κ2) is 3.94. The maximum Gasteiger partial charge on any atom is 0.271 e. The Morgan fingerprint density at radius 3 is 2.46 bits per heavy atom. The van der Waals surface area contributed by atoms with E-state index in [-0.39, 0.29) is 11.1 Å². The van der Waals surface area contributed by atoms with Crippen molar-refractivity contribution in [3.8, 4) is 0 Å². The van der Waals surface area contributed by atoms with Crippen molar-refractivity contribution >= 4 is 29.1 Å². The minimum Gasteiger partial charge on any atom is -0.343 e. The van der Waals surface area contributed by atoms with Gasteiger partial charge >= 0.3 is 0 Å². The molecule has 0 aliphatic rings. The zero-order valence-corrected chi connectivity index (χ0v) is 8.73. The molecule has 0 bridgehead atoms. The first-order chi connectivity index (χ1) is 6.02. The molecule has 0 N–H and O–H groups in total. The van der Waals surface area contributed by atoms with E-state index in [9.17, 15) is 4.79 Å². The lowest BCUT2D eigenvalue weighted by Gasteiger charge is -2.09. The minimum atomic E-state index is -0.196. The van der Waals surface area contributed by atoms with E-state index in [1.54, 1.807) is 20.2 Å². The van der Waals surface area contributed by atoms with Gasteiger partial charge in [0.2, 0.25) is 0 Å². The van der Waals surface area contributed by atoms with Crippen LogP contribution in [0.2, 0.25) is 10.2 Å². The van der Waals surface area contributed by atoms with Crippen LogP contribution in [0.1, 0.15) is 10.5 Å². The second-order valence-corrected chi connectivity index (χ2v) is 3.43. The van der Waals surface area contributed by atoms with Gasteiger partial charge in [-0.3, -0.25) is 4.79 Å². The van der Waals surface area contributed by atoms with Crippen LogP contribution in [0.5, 0.6) is 0 Å². The van der Waals surface area contributed by atoms with Gasteiger partial charge in [0, 0.05) is 14.1 Å². The third-order valence-corrected chi connectivity index (χ3v) is 2.12. The zero-order chi connectivity index (χ0) is 10.0. The Balaban J connectivity index is 3.04. The maximum atomic E-state index is 11.4. The van der Waals surface area contributed by atoms with E-state index < -0.39 is 0 Å². The third-order valence-electron chi connectivity index (χ3n) is 1.43. The Kier molecular flexibility index (Phi) is 3.12. The summed E-state index contributed by atoms with van der Waals surface area (Å²) in [5.41, 5.74) is 0.291. The average molecular weight is 219 g/mol. The standard InChI is InChI=1S/C8H8Cl2N2O/c1-12(2)8(13)6-4-3-5(9)7(10)11-6/h3-4H,1-2H3. The molecule has 1 amide bonds. The fourth-order valence-electron chi connectivity index (χ4n) is 0.765. The van der Waals surface area contributed by atoms with E-state index in [1.807, 2.05) is 0 Å². The van der Waals surface area contributed by atoms with Crippen molar-refractivity contribution in [1.29, 1.82) is 0 Å². The van der Waals surface area contributed by atoms with Gasteiger partial charge < -0.3 is 4.90 Å². The molecule has 70 valence electrons. The summed E-state index contributed by atoms with van der Waals surface area (Å²) < 4.78 is 0. The summed E-state index contributed by atoms with van der Waals surface area (Å²) in [6.07, 6.45) is 0. The van der Waals surface area contributed by atoms with Gasteiger partial charge in [-0.1, -0.05) is 23.2 Å². The van der Waals surface area contributed by atoms with Crippen LogP contribution in [0.3, 0.4) is 0 Å². The third kappa shape index (κ3) is 2.32. The topological polar surface area (TPSA) is 33.2 Å². The quantitative estimate of drug-likeness (QED) is 0.677. The van der Waals surface area contributed by atoms with Gasteiger partial charge in [0.15, 0.2) is 0 Å². The highest BCUT2D eigenvalue weighted by Crippen LogP contribution is 2.19. The fraction of sp³-hybridized carbons (Fsp3) is 0.250. The molecule has 0 radical (unpaired) electrons. The molecule has 0 fully saturated rings. The summed E-state index contributed by atoms with van der Waals surface area (Å²) in [5.74, 6) is -0.196. The number of hydrogen-bond acceptors (Lipinski definition) is 2. The molecular formula is C8H8Cl2N2O. The molecule has 0 saturated heterocycles. The van der Waals surface area contributed by atoms with Crippen LogP contribution in [-0.4, -0.2) is 29.9 Å². The van der Waals surface area contributed by atoms with Crippen LogP contribution < -0.4 is 0 Å². The number of carbonyl (C=O) groups is 1. The highest BCUT2D eigenvalue weighted by molar-refractivity contribution is 6.41. The number of halogens is 2. The van der Waals surface area contributed by atoms with Gasteiger partial charge in [0.25, 0.3) is 5.91 Å². The van der Waals surface area contributed by atoms with Crippen LogP contribution in [0.15, 0.2) is 12.1 Å². The Bertz CT molecular complexity index is 339. The van der Waals surface area contributed by atoms with E-state index in [2.05, 4.69) is 4.98 Å². The Morgan fingerprint density at radius 2 is 2.00 bits per heavy atom. The lowest BCUT2D eigenvalue weighted by atomic mass is 10.3. The van der Waals surface area contributed by atoms with E-state index in [4.69, 9.17) is 23.2 Å². The lowest BCUT2D eigenvalue weighted by Crippen LogP contribution is -2.22. The van der Waals surface area contributed by atoms with Gasteiger partial charge in [-0.2, -0.15) is 0 Å². The molecule has 0 atom stereocenters. The molecule has 0 saturated carbocycles. The van der Waals surface area contributed by atoms with E-state index in [1.165, 1.54) is 11.0 Å². The van der Waals surface area contributed by atoms with Gasteiger partial charge in [-0.05, 0) is 12.1 Å². The number of aromatic nitrogens is 1. The first-order valence-corrected chi connectivity index (χ1v) is 4.31. The van der Waals surface area contributed by atoms with Crippen LogP contribution >= 0.6 is 23.2 Å². The second-order valence-electron chi connectivity index (χ2n) is 2.67. The predicted octanol–water partition coefficient (Wildman–Crippen LogP) is 2.09. The van der Waals surface area contributed by atoms with Crippen LogP contribution in [0, 0.1) is 0 Å². The minimum absolute atomic E-state index is 0.148. The van der Waals surface area contributed by atoms with Gasteiger partial charge in [0.05, 0.1) is 5.02 Å². The molecule has 1 aromatic rings. The highest BCUT2D eigenvalue weighted by atomic mass is 35.5. The van der Waals surface area contributed by atoms with Crippen molar-refractivity contribution in [1.82, 2.24) is 9.88 Å². The van der Waals surface area contributed by atoms with Crippen molar-refractivity contribution in [3.05, 3.63) is 28.0 Å². The van der Waals surface area contributed by atoms with Crippen LogP contribution in [0.25, 0.3) is 0 Å². The predicted molar refractivity (Wildman–Crippen MR) is 52.3 cm³/mol. The Labute approximate surface area is 86.3 Å². The fourth-order valence-corrected chi connectivity index (χ4v) is 1.02. The Morgan fingerprint density at radius 1 is 1.38 bits per heavy atom. The molecule has 0 aliphatic carbocycles. The summed E-state index contributed by atoms with van der Waals surface area (Å²) in [4.78, 5) is 16.6. The molecule has 13 heavy (non-hydrogen) atoms. The molecule has 5 heteroatoms. The van der Waals surface area contributed by atoms with Crippen molar-refractivity contribution in [2.24, 2.45) is 0 Å². The maximum absolute atomic E-state index is 11.4. The number of amides is 1. The molecular weight excluding hydrogens is 211 g/mol. The number of pyridine rings is 1. The number of carbonyl (C=O) groups excluding carboxylic acids is 1. The molecule has 1 rings (SSSR count). The van der Waals surface area contributed by atoms with Crippen molar-refractivity contribution < 1.29 is 4.79 Å². The van der Waals surface area contributed by atoms with Crippen molar-refractivity contribution in [2.75, 3.05) is 14.1 Å². The smallest absolute Gasteiger partial charge is 0.271 e. The molecule has 1 heterocycles. The van der Waals surface area contributed by atoms with E-state index in [0.29, 0.717) is 10.7 Å². The lowest BCUT2D eigenvalue weighted by molar-refractivity contribution is 0.0822. The van der Waals surface area contributed by atoms with Gasteiger partial charge in [-0.15, -0.1) is 0 Å². The largest absolute Gasteiger partial charge is 0.343 e. The summed E-state index contributed by atoms with van der Waals surface area (Å²) in [6.45, 7) is 0. The van der Waals surface area contributed by atoms with Crippen molar-refractivity contribution in [2.45, 2.75) is 0 Å². The molecule has 1 aromatic heterocycles. The van der Waals surface area contributed by atoms with Gasteiger partial charge in [0.1, 0.15) is 10.8 Å². The Hall–Kier alpha value is -0.800. The SMILES string of the molecule is CN(C)C(=O)c1ccc(Cl)c(Cl)n1. The first-order valence-electron chi connectivity index (χ1n) is 3.56. The van der Waals surface area contributed by atoms with E-state index >= 15 is 0 Å². The monoisotopic (exact) mass is 218 g/mol. The molecule has 0 aromatic carbocycles. The zero-order valence-electron chi connectivity index (χ0n) is 7.21. The molecule has 0 unspecified atom stereocenters. The molecule has 0 aliphatic heterocycles. The number of nitrogens with zero attached hydrogens (tertiary/aromatic N) is 2. The summed E-state index contributed by atoms with van der Waals surface area (Å²) in [7, 11) is 3.29. The first kappa shape index (κ1) is 10.3.